The first-order chi connectivity index (χ1) is 13.9. The summed E-state index contributed by atoms with van der Waals surface area (Å²) in [6, 6.07) is 14.4. The lowest BCUT2D eigenvalue weighted by Gasteiger charge is -2.15. The molecule has 1 unspecified atom stereocenters. The van der Waals surface area contributed by atoms with Gasteiger partial charge in [-0.2, -0.15) is 5.10 Å². The first-order valence-corrected chi connectivity index (χ1v) is 9.69. The van der Waals surface area contributed by atoms with Crippen LogP contribution in [0.3, 0.4) is 0 Å². The quantitative estimate of drug-likeness (QED) is 0.547. The molecule has 4 aromatic rings. The molecule has 0 aliphatic carbocycles. The molecule has 0 spiro atoms. The van der Waals surface area contributed by atoms with Crippen molar-refractivity contribution in [1.82, 2.24) is 25.1 Å². The lowest BCUT2D eigenvalue weighted by atomic mass is 10.1. The molecule has 0 saturated heterocycles. The Morgan fingerprint density at radius 2 is 1.76 bits per heavy atom. The van der Waals surface area contributed by atoms with Crippen LogP contribution in [0, 0.1) is 5.92 Å². The van der Waals surface area contributed by atoms with Crippen LogP contribution < -0.4 is 10.9 Å². The number of rotatable bonds is 5. The molecule has 2 aromatic heterocycles. The third kappa shape index (κ3) is 3.63. The third-order valence-electron chi connectivity index (χ3n) is 4.79. The van der Waals surface area contributed by atoms with Crippen LogP contribution in [0.4, 0.5) is 0 Å². The molecule has 0 radical (unpaired) electrons. The molecule has 2 N–H and O–H groups in total. The van der Waals surface area contributed by atoms with Gasteiger partial charge in [0.25, 0.3) is 11.5 Å². The van der Waals surface area contributed by atoms with Gasteiger partial charge in [-0.15, -0.1) is 0 Å². The fraction of sp³-hybridized carbons (Fsp3) is 0.273. The summed E-state index contributed by atoms with van der Waals surface area (Å²) in [4.78, 5) is 33.6. The van der Waals surface area contributed by atoms with E-state index >= 15 is 0 Å². The van der Waals surface area contributed by atoms with Gasteiger partial charge in [-0.05, 0) is 31.0 Å². The first kappa shape index (κ1) is 18.9. The summed E-state index contributed by atoms with van der Waals surface area (Å²) in [5.41, 5.74) is 1.82. The molecule has 0 aliphatic rings. The lowest BCUT2D eigenvalue weighted by Crippen LogP contribution is -2.33. The number of benzene rings is 2. The predicted octanol–water partition coefficient (Wildman–Crippen LogP) is 3.42. The van der Waals surface area contributed by atoms with Crippen molar-refractivity contribution in [2.45, 2.75) is 33.4 Å². The molecule has 29 heavy (non-hydrogen) atoms. The molecule has 4 rings (SSSR count). The highest BCUT2D eigenvalue weighted by molar-refractivity contribution is 6.04. The van der Waals surface area contributed by atoms with Crippen LogP contribution in [0.25, 0.3) is 21.8 Å². The fourth-order valence-corrected chi connectivity index (χ4v) is 3.38. The Labute approximate surface area is 167 Å². The van der Waals surface area contributed by atoms with Gasteiger partial charge >= 0.3 is 0 Å². The second-order valence-electron chi connectivity index (χ2n) is 7.61. The molecular weight excluding hydrogens is 366 g/mol. The van der Waals surface area contributed by atoms with Crippen molar-refractivity contribution in [3.8, 4) is 0 Å². The SMILES string of the molecule is CC(C)Cn1nc(C(=O)NC(C)c2nc3ccccc3[nH]2)c2ccccc2c1=O. The maximum Gasteiger partial charge on any atom is 0.274 e. The van der Waals surface area contributed by atoms with Crippen LogP contribution in [0.15, 0.2) is 53.3 Å². The Kier molecular flexibility index (Phi) is 4.88. The largest absolute Gasteiger partial charge is 0.341 e. The smallest absolute Gasteiger partial charge is 0.274 e. The second-order valence-corrected chi connectivity index (χ2v) is 7.61. The number of H-pyrrole nitrogens is 1. The number of carbonyl (C=O) groups excluding carboxylic acids is 1. The summed E-state index contributed by atoms with van der Waals surface area (Å²) < 4.78 is 1.38. The number of imidazole rings is 1. The van der Waals surface area contributed by atoms with Crippen LogP contribution in [-0.2, 0) is 6.54 Å². The van der Waals surface area contributed by atoms with Crippen molar-refractivity contribution in [2.24, 2.45) is 5.92 Å². The van der Waals surface area contributed by atoms with Crippen molar-refractivity contribution < 1.29 is 4.79 Å². The van der Waals surface area contributed by atoms with Gasteiger partial charge < -0.3 is 10.3 Å². The second kappa shape index (κ2) is 7.50. The molecule has 7 heteroatoms. The van der Waals surface area contributed by atoms with E-state index in [-0.39, 0.29) is 29.1 Å². The molecule has 0 bridgehead atoms. The van der Waals surface area contributed by atoms with Crippen LogP contribution in [0.1, 0.15) is 43.1 Å². The van der Waals surface area contributed by atoms with E-state index in [9.17, 15) is 9.59 Å². The van der Waals surface area contributed by atoms with E-state index in [0.717, 1.165) is 11.0 Å². The van der Waals surface area contributed by atoms with E-state index in [1.165, 1.54) is 4.68 Å². The molecule has 1 amide bonds. The number of aromatic nitrogens is 4. The molecule has 0 aliphatic heterocycles. The van der Waals surface area contributed by atoms with Crippen molar-refractivity contribution in [1.29, 1.82) is 0 Å². The highest BCUT2D eigenvalue weighted by Gasteiger charge is 2.20. The number of nitrogens with zero attached hydrogens (tertiary/aromatic N) is 3. The van der Waals surface area contributed by atoms with Gasteiger partial charge in [-0.25, -0.2) is 9.67 Å². The Balaban J connectivity index is 1.70. The summed E-state index contributed by atoms with van der Waals surface area (Å²) >= 11 is 0. The lowest BCUT2D eigenvalue weighted by molar-refractivity contribution is 0.0932. The number of hydrogen-bond donors (Lipinski definition) is 2. The number of amides is 1. The zero-order chi connectivity index (χ0) is 20.5. The van der Waals surface area contributed by atoms with Gasteiger partial charge in [0.1, 0.15) is 5.82 Å². The minimum Gasteiger partial charge on any atom is -0.341 e. The summed E-state index contributed by atoms with van der Waals surface area (Å²) in [5.74, 6) is 0.553. The van der Waals surface area contributed by atoms with Crippen molar-refractivity contribution >= 4 is 27.7 Å². The molecular formula is C22H23N5O2. The van der Waals surface area contributed by atoms with E-state index < -0.39 is 0 Å². The van der Waals surface area contributed by atoms with Gasteiger partial charge in [-0.3, -0.25) is 9.59 Å². The Hall–Kier alpha value is -3.48. The molecule has 2 heterocycles. The molecule has 0 saturated carbocycles. The average Bonchev–Trinajstić information content (AvgIpc) is 3.14. The Morgan fingerprint density at radius 3 is 2.48 bits per heavy atom. The maximum atomic E-state index is 13.1. The van der Waals surface area contributed by atoms with Crippen LogP contribution >= 0.6 is 0 Å². The number of nitrogens with one attached hydrogen (secondary N) is 2. The first-order valence-electron chi connectivity index (χ1n) is 9.69. The van der Waals surface area contributed by atoms with Crippen LogP contribution in [0.5, 0.6) is 0 Å². The van der Waals surface area contributed by atoms with E-state index in [1.54, 1.807) is 24.3 Å². The summed E-state index contributed by atoms with van der Waals surface area (Å²) in [7, 11) is 0. The monoisotopic (exact) mass is 389 g/mol. The number of carbonyl (C=O) groups is 1. The van der Waals surface area contributed by atoms with Gasteiger partial charge in [0, 0.05) is 11.9 Å². The van der Waals surface area contributed by atoms with E-state index in [4.69, 9.17) is 0 Å². The zero-order valence-electron chi connectivity index (χ0n) is 16.6. The molecule has 0 fully saturated rings. The van der Waals surface area contributed by atoms with Crippen LogP contribution in [0.2, 0.25) is 0 Å². The topological polar surface area (TPSA) is 92.7 Å². The molecule has 148 valence electrons. The average molecular weight is 389 g/mol. The molecule has 1 atom stereocenters. The standard InChI is InChI=1S/C22H23N5O2/c1-13(2)12-27-22(29)16-9-5-4-8-15(16)19(26-27)21(28)23-14(3)20-24-17-10-6-7-11-18(17)25-20/h4-11,13-14H,12H2,1-3H3,(H,23,28)(H,24,25). The molecule has 2 aromatic carbocycles. The van der Waals surface area contributed by atoms with Crippen molar-refractivity contribution in [2.75, 3.05) is 0 Å². The number of fused-ring (bicyclic) bond motifs is 2. The fourth-order valence-electron chi connectivity index (χ4n) is 3.38. The zero-order valence-corrected chi connectivity index (χ0v) is 16.6. The Bertz CT molecular complexity index is 1220. The maximum absolute atomic E-state index is 13.1. The summed E-state index contributed by atoms with van der Waals surface area (Å²) in [6.07, 6.45) is 0. The Morgan fingerprint density at radius 1 is 1.07 bits per heavy atom. The van der Waals surface area contributed by atoms with Crippen molar-refractivity contribution in [3.05, 3.63) is 70.4 Å². The third-order valence-corrected chi connectivity index (χ3v) is 4.79. The summed E-state index contributed by atoms with van der Waals surface area (Å²) in [6.45, 7) is 6.32. The summed E-state index contributed by atoms with van der Waals surface area (Å²) in [5, 5.41) is 8.38. The van der Waals surface area contributed by atoms with Gasteiger partial charge in [0.05, 0.1) is 22.5 Å². The van der Waals surface area contributed by atoms with Crippen molar-refractivity contribution in [3.63, 3.8) is 0 Å². The van der Waals surface area contributed by atoms with Gasteiger partial charge in [-0.1, -0.05) is 44.2 Å². The minimum atomic E-state index is -0.346. The van der Waals surface area contributed by atoms with E-state index in [1.807, 2.05) is 45.0 Å². The van der Waals surface area contributed by atoms with E-state index in [2.05, 4.69) is 20.4 Å². The normalized spacial score (nSPS) is 12.6. The van der Waals surface area contributed by atoms with E-state index in [0.29, 0.717) is 23.1 Å². The predicted molar refractivity (Wildman–Crippen MR) is 113 cm³/mol. The number of aromatic amines is 1. The number of hydrogen-bond acceptors (Lipinski definition) is 4. The highest BCUT2D eigenvalue weighted by atomic mass is 16.2. The van der Waals surface area contributed by atoms with Crippen LogP contribution in [-0.4, -0.2) is 25.7 Å². The molecule has 7 nitrogen and oxygen atoms in total. The number of para-hydroxylation sites is 2. The van der Waals surface area contributed by atoms with Gasteiger partial charge in [0.15, 0.2) is 5.69 Å². The highest BCUT2D eigenvalue weighted by Crippen LogP contribution is 2.18. The minimum absolute atomic E-state index is 0.184. The van der Waals surface area contributed by atoms with Gasteiger partial charge in [0.2, 0.25) is 0 Å².